The van der Waals surface area contributed by atoms with Crippen LogP contribution in [0.4, 0.5) is 0 Å². The average molecular weight is 389 g/mol. The summed E-state index contributed by atoms with van der Waals surface area (Å²) in [6.07, 6.45) is 2.48. The second-order valence-corrected chi connectivity index (χ2v) is 7.36. The Hall–Kier alpha value is -2.29. The number of imidazole rings is 1. The van der Waals surface area contributed by atoms with Gasteiger partial charge in [0.1, 0.15) is 11.5 Å². The zero-order valence-corrected chi connectivity index (χ0v) is 16.5. The normalized spacial score (nSPS) is 12.3. The molecule has 3 rings (SSSR count). The number of fused-ring (bicyclic) bond motifs is 1. The van der Waals surface area contributed by atoms with Crippen LogP contribution in [-0.4, -0.2) is 46.9 Å². The van der Waals surface area contributed by atoms with Crippen molar-refractivity contribution in [1.29, 1.82) is 0 Å². The molecular formula is C19H23N3O4S. The third-order valence-corrected chi connectivity index (χ3v) is 5.32. The van der Waals surface area contributed by atoms with Crippen molar-refractivity contribution in [1.82, 2.24) is 15.0 Å². The van der Waals surface area contributed by atoms with Gasteiger partial charge in [0.05, 0.1) is 30.4 Å². The van der Waals surface area contributed by atoms with E-state index in [4.69, 9.17) is 14.2 Å². The Kier molecular flexibility index (Phi) is 6.54. The van der Waals surface area contributed by atoms with E-state index in [0.717, 1.165) is 34.5 Å². The number of pyridine rings is 1. The van der Waals surface area contributed by atoms with E-state index in [1.165, 1.54) is 0 Å². The number of nitrogens with zero attached hydrogens (tertiary/aromatic N) is 2. The lowest BCUT2D eigenvalue weighted by Gasteiger charge is -2.12. The number of H-pyrrole nitrogens is 1. The van der Waals surface area contributed by atoms with Gasteiger partial charge in [-0.1, -0.05) is 0 Å². The van der Waals surface area contributed by atoms with Crippen molar-refractivity contribution in [3.05, 3.63) is 41.7 Å². The summed E-state index contributed by atoms with van der Waals surface area (Å²) in [5.41, 5.74) is 3.16. The molecule has 0 spiro atoms. The van der Waals surface area contributed by atoms with Crippen LogP contribution in [0.3, 0.4) is 0 Å². The number of hydrogen-bond acceptors (Lipinski definition) is 6. The van der Waals surface area contributed by atoms with E-state index in [1.54, 1.807) is 20.4 Å². The van der Waals surface area contributed by atoms with E-state index >= 15 is 0 Å². The summed E-state index contributed by atoms with van der Waals surface area (Å²) in [6, 6.07) is 7.33. The van der Waals surface area contributed by atoms with Crippen LogP contribution < -0.4 is 9.47 Å². The lowest BCUT2D eigenvalue weighted by atomic mass is 10.2. The van der Waals surface area contributed by atoms with Gasteiger partial charge in [0.15, 0.2) is 5.75 Å². The number of aromatic amines is 1. The standard InChI is InChI=1S/C19H23N3O4S/c1-13-17(20-8-7-18(13)26-10-4-9-24-2)12-27(23)19-21-15-6-5-14(25-3)11-16(15)22-19/h5-8,11H,4,9-10,12H2,1-3H3,(H,21,22)/t27-/m1/s1. The van der Waals surface area contributed by atoms with Gasteiger partial charge in [0.2, 0.25) is 0 Å². The largest absolute Gasteiger partial charge is 0.609 e. The van der Waals surface area contributed by atoms with Gasteiger partial charge in [-0.2, -0.15) is 4.98 Å². The minimum absolute atomic E-state index is 0.262. The zero-order valence-electron chi connectivity index (χ0n) is 15.7. The molecule has 0 amide bonds. The van der Waals surface area contributed by atoms with Crippen LogP contribution in [0.25, 0.3) is 11.0 Å². The number of hydrogen-bond donors (Lipinski definition) is 1. The van der Waals surface area contributed by atoms with Crippen LogP contribution in [-0.2, 0) is 21.7 Å². The van der Waals surface area contributed by atoms with Crippen molar-refractivity contribution in [3.8, 4) is 11.5 Å². The van der Waals surface area contributed by atoms with E-state index in [2.05, 4.69) is 15.0 Å². The maximum atomic E-state index is 12.8. The average Bonchev–Trinajstić information content (AvgIpc) is 3.11. The molecule has 1 N–H and O–H groups in total. The van der Waals surface area contributed by atoms with Crippen molar-refractivity contribution in [2.75, 3.05) is 27.4 Å². The third kappa shape index (κ3) is 4.71. The molecule has 0 fully saturated rings. The minimum atomic E-state index is -1.35. The molecule has 7 nitrogen and oxygen atoms in total. The van der Waals surface area contributed by atoms with Gasteiger partial charge in [-0.3, -0.25) is 9.97 Å². The first kappa shape index (κ1) is 19.5. The van der Waals surface area contributed by atoms with Crippen LogP contribution in [0, 0.1) is 6.92 Å². The second-order valence-electron chi connectivity index (χ2n) is 5.99. The highest BCUT2D eigenvalue weighted by Crippen LogP contribution is 2.25. The fourth-order valence-electron chi connectivity index (χ4n) is 2.64. The molecule has 1 atom stereocenters. The van der Waals surface area contributed by atoms with Gasteiger partial charge in [-0.25, -0.2) is 0 Å². The monoisotopic (exact) mass is 389 g/mol. The van der Waals surface area contributed by atoms with E-state index < -0.39 is 11.2 Å². The Labute approximate surface area is 161 Å². The summed E-state index contributed by atoms with van der Waals surface area (Å²) in [4.78, 5) is 11.9. The molecule has 2 heterocycles. The van der Waals surface area contributed by atoms with Gasteiger partial charge >= 0.3 is 5.16 Å². The summed E-state index contributed by atoms with van der Waals surface area (Å²) in [5.74, 6) is 1.72. The van der Waals surface area contributed by atoms with E-state index in [-0.39, 0.29) is 5.75 Å². The maximum Gasteiger partial charge on any atom is 0.322 e. The number of rotatable bonds is 9. The molecule has 2 aromatic heterocycles. The molecule has 0 aliphatic heterocycles. The van der Waals surface area contributed by atoms with Crippen molar-refractivity contribution >= 4 is 22.2 Å². The van der Waals surface area contributed by atoms with E-state index in [1.807, 2.05) is 31.2 Å². The third-order valence-electron chi connectivity index (χ3n) is 4.16. The molecule has 1 aromatic carbocycles. The highest BCUT2D eigenvalue weighted by atomic mass is 32.2. The number of nitrogens with one attached hydrogen (secondary N) is 1. The van der Waals surface area contributed by atoms with Crippen molar-refractivity contribution in [3.63, 3.8) is 0 Å². The number of ether oxygens (including phenoxy) is 3. The first-order chi connectivity index (χ1) is 13.1. The fourth-order valence-corrected chi connectivity index (χ4v) is 3.74. The molecule has 144 valence electrons. The number of aromatic nitrogens is 3. The van der Waals surface area contributed by atoms with Gasteiger partial charge in [-0.15, -0.1) is 0 Å². The maximum absolute atomic E-state index is 12.8. The van der Waals surface area contributed by atoms with Crippen molar-refractivity contribution in [2.45, 2.75) is 24.3 Å². The Bertz CT molecular complexity index is 900. The quantitative estimate of drug-likeness (QED) is 0.447. The molecule has 3 aromatic rings. The summed E-state index contributed by atoms with van der Waals surface area (Å²) < 4.78 is 28.8. The molecule has 0 radical (unpaired) electrons. The lowest BCUT2D eigenvalue weighted by Crippen LogP contribution is -2.10. The van der Waals surface area contributed by atoms with Gasteiger partial charge in [0, 0.05) is 49.1 Å². The number of benzene rings is 1. The Morgan fingerprint density at radius 2 is 2.04 bits per heavy atom. The zero-order chi connectivity index (χ0) is 19.2. The molecule has 0 bridgehead atoms. The van der Waals surface area contributed by atoms with Gasteiger partial charge in [-0.05, 0) is 25.1 Å². The van der Waals surface area contributed by atoms with Gasteiger partial charge in [0.25, 0.3) is 0 Å². The highest BCUT2D eigenvalue weighted by molar-refractivity contribution is 7.90. The highest BCUT2D eigenvalue weighted by Gasteiger charge is 2.20. The molecule has 0 aliphatic rings. The summed E-state index contributed by atoms with van der Waals surface area (Å²) in [5, 5.41) is 0.422. The lowest BCUT2D eigenvalue weighted by molar-refractivity contribution is 0.172. The number of methoxy groups -OCH3 is 2. The Balaban J connectivity index is 1.72. The fraction of sp³-hybridized carbons (Fsp3) is 0.368. The summed E-state index contributed by atoms with van der Waals surface area (Å²) >= 11 is -1.35. The smallest absolute Gasteiger partial charge is 0.322 e. The Morgan fingerprint density at radius 3 is 2.81 bits per heavy atom. The summed E-state index contributed by atoms with van der Waals surface area (Å²) in [7, 11) is 3.27. The molecule has 27 heavy (non-hydrogen) atoms. The Morgan fingerprint density at radius 1 is 1.19 bits per heavy atom. The predicted molar refractivity (Wildman–Crippen MR) is 104 cm³/mol. The second kappa shape index (κ2) is 9.07. The van der Waals surface area contributed by atoms with E-state index in [9.17, 15) is 4.55 Å². The topological polar surface area (TPSA) is 92.3 Å². The first-order valence-corrected chi connectivity index (χ1v) is 9.92. The summed E-state index contributed by atoms with van der Waals surface area (Å²) in [6.45, 7) is 3.14. The van der Waals surface area contributed by atoms with Crippen LogP contribution >= 0.6 is 0 Å². The molecule has 0 saturated carbocycles. The van der Waals surface area contributed by atoms with E-state index in [0.29, 0.717) is 24.1 Å². The predicted octanol–water partition coefficient (Wildman–Crippen LogP) is 3.00. The molecular weight excluding hydrogens is 366 g/mol. The van der Waals surface area contributed by atoms with Crippen LogP contribution in [0.2, 0.25) is 0 Å². The van der Waals surface area contributed by atoms with Crippen LogP contribution in [0.1, 0.15) is 17.7 Å². The van der Waals surface area contributed by atoms with Crippen molar-refractivity contribution in [2.24, 2.45) is 0 Å². The SMILES string of the molecule is COCCCOc1ccnc(C[S@@+]([O-])c2nc3cc(OC)ccc3[nH]2)c1C. The molecule has 0 aliphatic carbocycles. The van der Waals surface area contributed by atoms with Crippen LogP contribution in [0.5, 0.6) is 11.5 Å². The molecule has 0 saturated heterocycles. The van der Waals surface area contributed by atoms with Crippen LogP contribution in [0.15, 0.2) is 35.6 Å². The minimum Gasteiger partial charge on any atom is -0.609 e. The first-order valence-electron chi connectivity index (χ1n) is 8.60. The molecule has 8 heteroatoms. The molecule has 0 unspecified atom stereocenters. The van der Waals surface area contributed by atoms with Crippen molar-refractivity contribution < 1.29 is 18.8 Å². The van der Waals surface area contributed by atoms with Gasteiger partial charge < -0.3 is 18.8 Å².